The van der Waals surface area contributed by atoms with Crippen molar-refractivity contribution >= 4 is 5.91 Å². The second-order valence-corrected chi connectivity index (χ2v) is 24.3. The fraction of sp³-hybridized carbons (Fsp3) is 0.955. The van der Waals surface area contributed by atoms with Crippen molar-refractivity contribution in [1.29, 1.82) is 0 Å². The van der Waals surface area contributed by atoms with E-state index in [1.54, 1.807) is 0 Å². The lowest BCUT2D eigenvalue weighted by molar-refractivity contribution is -0.303. The largest absolute Gasteiger partial charge is 0.394 e. The predicted molar refractivity (Wildman–Crippen MR) is 326 cm³/mol. The van der Waals surface area contributed by atoms with Crippen LogP contribution in [0.25, 0.3) is 0 Å². The first kappa shape index (κ1) is 74.9. The number of aliphatic hydroxyl groups excluding tert-OH is 7. The van der Waals surface area contributed by atoms with E-state index < -0.39 is 74.2 Å². The van der Waals surface area contributed by atoms with E-state index in [4.69, 9.17) is 9.47 Å². The number of allylic oxidation sites excluding steroid dienone is 2. The van der Waals surface area contributed by atoms with Crippen LogP contribution in [0.5, 0.6) is 0 Å². The van der Waals surface area contributed by atoms with E-state index >= 15 is 0 Å². The molecule has 1 aliphatic rings. The molecule has 1 aliphatic heterocycles. The fourth-order valence-corrected chi connectivity index (χ4v) is 11.3. The van der Waals surface area contributed by atoms with Crippen LogP contribution < -0.4 is 5.32 Å². The highest BCUT2D eigenvalue weighted by atomic mass is 16.7. The van der Waals surface area contributed by atoms with Gasteiger partial charge >= 0.3 is 0 Å². The highest BCUT2D eigenvalue weighted by Crippen LogP contribution is 2.24. The van der Waals surface area contributed by atoms with Crippen molar-refractivity contribution in [3.05, 3.63) is 12.2 Å². The van der Waals surface area contributed by atoms with E-state index in [0.717, 1.165) is 38.5 Å². The average Bonchev–Trinajstić information content (AvgIpc) is 3.46. The Morgan fingerprint density at radius 3 is 1.10 bits per heavy atom. The Morgan fingerprint density at radius 1 is 0.436 bits per heavy atom. The van der Waals surface area contributed by atoms with Crippen molar-refractivity contribution in [3.63, 3.8) is 0 Å². The minimum Gasteiger partial charge on any atom is -0.394 e. The van der Waals surface area contributed by atoms with Crippen LogP contribution in [0.1, 0.15) is 341 Å². The molecule has 8 N–H and O–H groups in total. The molecule has 0 aliphatic carbocycles. The molecule has 9 atom stereocenters. The van der Waals surface area contributed by atoms with E-state index in [1.807, 2.05) is 0 Å². The Labute approximate surface area is 481 Å². The van der Waals surface area contributed by atoms with Crippen LogP contribution in [0.2, 0.25) is 0 Å². The van der Waals surface area contributed by atoms with Gasteiger partial charge < -0.3 is 50.5 Å². The molecule has 78 heavy (non-hydrogen) atoms. The third kappa shape index (κ3) is 43.5. The lowest BCUT2D eigenvalue weighted by Crippen LogP contribution is -2.60. The van der Waals surface area contributed by atoms with Crippen LogP contribution in [0.4, 0.5) is 0 Å². The molecule has 1 amide bonds. The van der Waals surface area contributed by atoms with Gasteiger partial charge in [-0.25, -0.2) is 0 Å². The number of rotatable bonds is 60. The number of unbranched alkanes of at least 4 members (excludes halogenated alkanes) is 46. The second-order valence-electron chi connectivity index (χ2n) is 24.3. The summed E-state index contributed by atoms with van der Waals surface area (Å²) in [7, 11) is 0. The number of amides is 1. The summed E-state index contributed by atoms with van der Waals surface area (Å²) >= 11 is 0. The molecule has 0 aromatic heterocycles. The summed E-state index contributed by atoms with van der Waals surface area (Å²) in [4.78, 5) is 13.2. The number of carbonyl (C=O) groups excluding carboxylic acids is 1. The van der Waals surface area contributed by atoms with Crippen molar-refractivity contribution in [1.82, 2.24) is 5.32 Å². The highest BCUT2D eigenvalue weighted by molar-refractivity contribution is 5.80. The standard InChI is InChI=1S/C67H131NO10/c1-3-5-7-9-11-13-15-17-19-21-23-24-25-26-27-28-29-30-31-32-33-34-35-37-39-41-43-45-47-49-51-53-55-60(71)66(76)68-58(57-77-67-65(75)64(74)63(73)61(56-69)78-67)62(72)59(70)54-52-50-48-46-44-42-40-38-36-22-20-18-16-14-12-10-8-6-4-2/h46,48,58-65,67,69-75H,3-45,47,49-57H2,1-2H3,(H,68,76)/b48-46+. The molecular weight excluding hydrogens is 979 g/mol. The molecule has 0 aromatic carbocycles. The first-order valence-electron chi connectivity index (χ1n) is 34.1. The van der Waals surface area contributed by atoms with Gasteiger partial charge in [0.15, 0.2) is 6.29 Å². The fourth-order valence-electron chi connectivity index (χ4n) is 11.3. The maximum Gasteiger partial charge on any atom is 0.249 e. The van der Waals surface area contributed by atoms with E-state index in [9.17, 15) is 40.5 Å². The number of hydrogen-bond acceptors (Lipinski definition) is 10. The summed E-state index contributed by atoms with van der Waals surface area (Å²) in [6.45, 7) is 3.50. The second kappa shape index (κ2) is 56.3. The van der Waals surface area contributed by atoms with E-state index in [-0.39, 0.29) is 12.8 Å². The minimum atomic E-state index is -1.67. The van der Waals surface area contributed by atoms with Gasteiger partial charge in [0.2, 0.25) is 5.91 Å². The van der Waals surface area contributed by atoms with Gasteiger partial charge in [-0.3, -0.25) is 4.79 Å². The summed E-state index contributed by atoms with van der Waals surface area (Å²) in [5.74, 6) is -0.698. The minimum absolute atomic E-state index is 0.260. The van der Waals surface area contributed by atoms with Crippen molar-refractivity contribution in [2.75, 3.05) is 13.2 Å². The Bertz CT molecular complexity index is 1270. The molecule has 0 aromatic rings. The molecule has 0 radical (unpaired) electrons. The molecule has 0 spiro atoms. The summed E-state index contributed by atoms with van der Waals surface area (Å²) in [5, 5.41) is 76.3. The first-order valence-corrected chi connectivity index (χ1v) is 34.1. The normalized spacial score (nSPS) is 19.4. The van der Waals surface area contributed by atoms with Gasteiger partial charge in [0.05, 0.1) is 25.4 Å². The number of nitrogens with one attached hydrogen (secondary N) is 1. The summed E-state index contributed by atoms with van der Waals surface area (Å²) < 4.78 is 11.2. The zero-order chi connectivity index (χ0) is 56.8. The third-order valence-electron chi connectivity index (χ3n) is 16.8. The quantitative estimate of drug-likeness (QED) is 0.0215. The Hall–Kier alpha value is -1.15. The molecule has 9 unspecified atom stereocenters. The molecule has 1 rings (SSSR count). The number of hydrogen-bond donors (Lipinski definition) is 8. The van der Waals surface area contributed by atoms with Gasteiger partial charge in [-0.05, 0) is 38.5 Å². The van der Waals surface area contributed by atoms with Crippen LogP contribution in [0, 0.1) is 0 Å². The Kier molecular flexibility index (Phi) is 54.1. The van der Waals surface area contributed by atoms with Crippen LogP contribution in [0.15, 0.2) is 12.2 Å². The maximum atomic E-state index is 13.2. The van der Waals surface area contributed by atoms with Gasteiger partial charge in [-0.2, -0.15) is 0 Å². The molecule has 1 fully saturated rings. The lowest BCUT2D eigenvalue weighted by atomic mass is 9.98. The highest BCUT2D eigenvalue weighted by Gasteiger charge is 2.44. The topological polar surface area (TPSA) is 189 Å². The molecule has 0 bridgehead atoms. The predicted octanol–water partition coefficient (Wildman–Crippen LogP) is 15.9. The van der Waals surface area contributed by atoms with E-state index in [0.29, 0.717) is 12.8 Å². The SMILES string of the molecule is CCCCCCCCCCCCCCCC/C=C/CCCC(O)C(O)C(COC1OC(CO)C(O)C(O)C1O)NC(=O)C(O)CCCCCCCCCCCCCCCCCCCCCCCCCCCCCCCCCC. The Balaban J connectivity index is 2.18. The maximum absolute atomic E-state index is 13.2. The lowest BCUT2D eigenvalue weighted by Gasteiger charge is -2.40. The molecular formula is C67H131NO10. The van der Waals surface area contributed by atoms with Gasteiger partial charge in [0.1, 0.15) is 36.6 Å². The van der Waals surface area contributed by atoms with Gasteiger partial charge in [0, 0.05) is 0 Å². The number of carbonyl (C=O) groups is 1. The average molecular weight is 1110 g/mol. The van der Waals surface area contributed by atoms with Gasteiger partial charge in [-0.1, -0.05) is 315 Å². The Morgan fingerprint density at radius 2 is 0.756 bits per heavy atom. The number of ether oxygens (including phenoxy) is 2. The molecule has 0 saturated carbocycles. The molecule has 1 heterocycles. The van der Waals surface area contributed by atoms with E-state index in [2.05, 4.69) is 31.3 Å². The van der Waals surface area contributed by atoms with Gasteiger partial charge in [-0.15, -0.1) is 0 Å². The summed E-state index contributed by atoms with van der Waals surface area (Å²) in [6, 6.07) is -1.18. The molecule has 464 valence electrons. The molecule has 1 saturated heterocycles. The third-order valence-corrected chi connectivity index (χ3v) is 16.8. The monoisotopic (exact) mass is 1110 g/mol. The zero-order valence-corrected chi connectivity index (χ0v) is 51.2. The summed E-state index contributed by atoms with van der Waals surface area (Å²) in [5.41, 5.74) is 0. The van der Waals surface area contributed by atoms with Gasteiger partial charge in [0.25, 0.3) is 0 Å². The van der Waals surface area contributed by atoms with Crippen LogP contribution in [0.3, 0.4) is 0 Å². The van der Waals surface area contributed by atoms with Crippen molar-refractivity contribution in [3.8, 4) is 0 Å². The van der Waals surface area contributed by atoms with E-state index in [1.165, 1.54) is 263 Å². The first-order chi connectivity index (χ1) is 38.2. The zero-order valence-electron chi connectivity index (χ0n) is 51.2. The smallest absolute Gasteiger partial charge is 0.249 e. The van der Waals surface area contributed by atoms with Crippen LogP contribution >= 0.6 is 0 Å². The molecule has 11 heteroatoms. The van der Waals surface area contributed by atoms with Crippen molar-refractivity contribution < 1.29 is 50.0 Å². The number of aliphatic hydroxyl groups is 7. The molecule has 11 nitrogen and oxygen atoms in total. The van der Waals surface area contributed by atoms with Crippen LogP contribution in [-0.4, -0.2) is 110 Å². The van der Waals surface area contributed by atoms with Crippen molar-refractivity contribution in [2.24, 2.45) is 0 Å². The van der Waals surface area contributed by atoms with Crippen molar-refractivity contribution in [2.45, 2.75) is 396 Å². The summed E-state index contributed by atoms with van der Waals surface area (Å²) in [6.07, 6.45) is 57.3. The van der Waals surface area contributed by atoms with Crippen LogP contribution in [-0.2, 0) is 14.3 Å².